The summed E-state index contributed by atoms with van der Waals surface area (Å²) >= 11 is 0. The van der Waals surface area contributed by atoms with Crippen molar-refractivity contribution in [3.63, 3.8) is 0 Å². The molecule has 2 aliphatic heterocycles. The van der Waals surface area contributed by atoms with Gasteiger partial charge in [0, 0.05) is 25.1 Å². The summed E-state index contributed by atoms with van der Waals surface area (Å²) in [5.74, 6) is -1.07. The zero-order valence-electron chi connectivity index (χ0n) is 23.1. The number of alkyl halides is 2. The number of hydrogen-bond acceptors (Lipinski definition) is 5. The van der Waals surface area contributed by atoms with Crippen molar-refractivity contribution in [1.29, 1.82) is 0 Å². The molecule has 0 amide bonds. The minimum Gasteiger partial charge on any atom is -0.392 e. The quantitative estimate of drug-likeness (QED) is 0.258. The van der Waals surface area contributed by atoms with E-state index in [2.05, 4.69) is 22.6 Å². The SMILES string of the molecule is C#CC.C/C=C(\C=C/COC1(C(F)(F)CC)CCNCC1)Cc1ccc(C=O)cc1F.CN1CCC(O)C1. The van der Waals surface area contributed by atoms with Crippen LogP contribution in [-0.2, 0) is 11.2 Å². The van der Waals surface area contributed by atoms with E-state index < -0.39 is 17.3 Å². The molecule has 0 aromatic heterocycles. The van der Waals surface area contributed by atoms with Crippen molar-refractivity contribution in [1.82, 2.24) is 10.2 Å². The number of benzene rings is 1. The Labute approximate surface area is 226 Å². The molecule has 1 atom stereocenters. The van der Waals surface area contributed by atoms with Crippen LogP contribution in [0.15, 0.2) is 42.0 Å². The smallest absolute Gasteiger partial charge is 0.276 e. The number of piperidine rings is 1. The molecule has 2 N–H and O–H groups in total. The highest BCUT2D eigenvalue weighted by Gasteiger charge is 2.53. The van der Waals surface area contributed by atoms with Gasteiger partial charge in [-0.05, 0) is 76.9 Å². The Balaban J connectivity index is 0.000000605. The molecule has 38 heavy (non-hydrogen) atoms. The topological polar surface area (TPSA) is 61.8 Å². The van der Waals surface area contributed by atoms with E-state index in [0.717, 1.165) is 25.1 Å². The van der Waals surface area contributed by atoms with Gasteiger partial charge in [-0.25, -0.2) is 13.2 Å². The summed E-state index contributed by atoms with van der Waals surface area (Å²) in [7, 11) is 2.02. The van der Waals surface area contributed by atoms with E-state index >= 15 is 0 Å². The molecule has 2 fully saturated rings. The monoisotopic (exact) mass is 536 g/mol. The Morgan fingerprint density at radius 1 is 1.37 bits per heavy atom. The molecule has 2 aliphatic rings. The van der Waals surface area contributed by atoms with Crippen LogP contribution >= 0.6 is 0 Å². The zero-order chi connectivity index (χ0) is 28.6. The van der Waals surface area contributed by atoms with E-state index in [1.807, 2.05) is 20.0 Å². The number of ether oxygens (including phenoxy) is 1. The molecule has 2 heterocycles. The molecule has 0 radical (unpaired) electrons. The van der Waals surface area contributed by atoms with E-state index in [1.54, 1.807) is 31.2 Å². The van der Waals surface area contributed by atoms with Gasteiger partial charge in [0.1, 0.15) is 17.7 Å². The second-order valence-corrected chi connectivity index (χ2v) is 9.52. The number of hydrogen-bond donors (Lipinski definition) is 2. The molecule has 5 nitrogen and oxygen atoms in total. The molecule has 1 aromatic rings. The molecule has 2 saturated heterocycles. The third-order valence-electron chi connectivity index (χ3n) is 6.65. The van der Waals surface area contributed by atoms with Crippen LogP contribution < -0.4 is 5.32 Å². The number of rotatable bonds is 9. The normalized spacial score (nSPS) is 19.7. The maximum atomic E-state index is 14.5. The summed E-state index contributed by atoms with van der Waals surface area (Å²) in [6, 6.07) is 4.36. The lowest BCUT2D eigenvalue weighted by molar-refractivity contribution is -0.216. The summed E-state index contributed by atoms with van der Waals surface area (Å²) < 4.78 is 48.7. The molecule has 0 bridgehead atoms. The van der Waals surface area contributed by atoms with Crippen molar-refractivity contribution in [3.05, 3.63) is 58.9 Å². The fourth-order valence-corrected chi connectivity index (χ4v) is 4.34. The largest absolute Gasteiger partial charge is 0.392 e. The van der Waals surface area contributed by atoms with Crippen LogP contribution in [-0.4, -0.2) is 73.8 Å². The van der Waals surface area contributed by atoms with Crippen molar-refractivity contribution < 1.29 is 27.8 Å². The number of nitrogens with one attached hydrogen (secondary N) is 1. The number of likely N-dealkylation sites (tertiary alicyclic amines) is 1. The Kier molecular flexibility index (Phi) is 15.2. The van der Waals surface area contributed by atoms with Gasteiger partial charge in [-0.1, -0.05) is 37.3 Å². The van der Waals surface area contributed by atoms with Crippen molar-refractivity contribution in [2.45, 2.75) is 70.5 Å². The Morgan fingerprint density at radius 3 is 2.47 bits per heavy atom. The highest BCUT2D eigenvalue weighted by molar-refractivity contribution is 5.74. The minimum absolute atomic E-state index is 0.0509. The maximum Gasteiger partial charge on any atom is 0.276 e. The van der Waals surface area contributed by atoms with Crippen molar-refractivity contribution in [2.24, 2.45) is 0 Å². The molecule has 0 spiro atoms. The molecule has 0 aliphatic carbocycles. The number of carbonyl (C=O) groups is 1. The summed E-state index contributed by atoms with van der Waals surface area (Å²) in [5, 5.41) is 12.0. The van der Waals surface area contributed by atoms with Gasteiger partial charge < -0.3 is 20.1 Å². The standard InChI is InChI=1S/C22H28F3NO2.C5H11NO.C3H4/c1-3-17(14-19-8-7-18(16-27)15-20(19)23)6-5-13-28-21(22(24,25)4-2)9-11-26-12-10-21;1-6-3-2-5(7)4-6;1-3-2/h3,5-8,15-16,26H,4,9-14H2,1-2H3;5,7H,2-4H2,1H3;1H,2H3/b6-5-,17-3+;;. The van der Waals surface area contributed by atoms with E-state index in [9.17, 15) is 18.0 Å². The van der Waals surface area contributed by atoms with Crippen molar-refractivity contribution >= 4 is 6.29 Å². The van der Waals surface area contributed by atoms with Gasteiger partial charge in [-0.15, -0.1) is 12.3 Å². The van der Waals surface area contributed by atoms with Gasteiger partial charge in [0.15, 0.2) is 0 Å². The average Bonchev–Trinajstić information content (AvgIpc) is 3.30. The number of aliphatic hydroxyl groups excluding tert-OH is 1. The molecule has 1 aromatic carbocycles. The molecule has 1 unspecified atom stereocenters. The molecule has 8 heteroatoms. The Bertz CT molecular complexity index is 943. The van der Waals surface area contributed by atoms with Gasteiger partial charge >= 0.3 is 0 Å². The van der Waals surface area contributed by atoms with E-state index in [0.29, 0.717) is 31.4 Å². The van der Waals surface area contributed by atoms with Gasteiger partial charge in [0.2, 0.25) is 0 Å². The third kappa shape index (κ3) is 10.7. The number of likely N-dealkylation sites (N-methyl/N-ethyl adjacent to an activating group) is 1. The van der Waals surface area contributed by atoms with Gasteiger partial charge in [-0.3, -0.25) is 4.79 Å². The number of nitrogens with zero attached hydrogens (tertiary/aromatic N) is 1. The lowest BCUT2D eigenvalue weighted by atomic mass is 9.84. The van der Waals surface area contributed by atoms with Gasteiger partial charge in [0.05, 0.1) is 12.7 Å². The molecule has 0 saturated carbocycles. The summed E-state index contributed by atoms with van der Waals surface area (Å²) in [5.41, 5.74) is 0.153. The predicted molar refractivity (Wildman–Crippen MR) is 147 cm³/mol. The highest BCUT2D eigenvalue weighted by atomic mass is 19.3. The summed E-state index contributed by atoms with van der Waals surface area (Å²) in [6.45, 7) is 7.97. The highest BCUT2D eigenvalue weighted by Crippen LogP contribution is 2.41. The first-order valence-electron chi connectivity index (χ1n) is 13.1. The van der Waals surface area contributed by atoms with Crippen LogP contribution in [0, 0.1) is 18.2 Å². The number of aliphatic hydroxyl groups is 1. The summed E-state index contributed by atoms with van der Waals surface area (Å²) in [6.07, 6.45) is 12.0. The number of β-amino-alcohol motifs (C(OH)–C–C–N with tert-alkyl or cyclic N) is 1. The molecular weight excluding hydrogens is 493 g/mol. The number of aldehydes is 1. The number of allylic oxidation sites excluding steroid dienone is 3. The van der Waals surface area contributed by atoms with Crippen LogP contribution in [0.25, 0.3) is 0 Å². The third-order valence-corrected chi connectivity index (χ3v) is 6.65. The van der Waals surface area contributed by atoms with E-state index in [4.69, 9.17) is 9.84 Å². The lowest BCUT2D eigenvalue weighted by Gasteiger charge is -2.42. The van der Waals surface area contributed by atoms with Crippen LogP contribution in [0.1, 0.15) is 62.4 Å². The fourth-order valence-electron chi connectivity index (χ4n) is 4.34. The van der Waals surface area contributed by atoms with E-state index in [-0.39, 0.29) is 37.5 Å². The molecule has 3 rings (SSSR count). The molecule has 212 valence electrons. The van der Waals surface area contributed by atoms with Crippen LogP contribution in [0.3, 0.4) is 0 Å². The van der Waals surface area contributed by atoms with Gasteiger partial charge in [0.25, 0.3) is 5.92 Å². The van der Waals surface area contributed by atoms with E-state index in [1.165, 1.54) is 13.0 Å². The lowest BCUT2D eigenvalue weighted by Crippen LogP contribution is -2.56. The fraction of sp³-hybridized carbons (Fsp3) is 0.567. The first-order valence-corrected chi connectivity index (χ1v) is 13.1. The van der Waals surface area contributed by atoms with Crippen LogP contribution in [0.4, 0.5) is 13.2 Å². The first-order chi connectivity index (χ1) is 18.1. The second kappa shape index (κ2) is 17.2. The number of halogens is 3. The van der Waals surface area contributed by atoms with Crippen molar-refractivity contribution in [3.8, 4) is 12.3 Å². The average molecular weight is 537 g/mol. The Hall–Kier alpha value is -2.44. The van der Waals surface area contributed by atoms with Crippen molar-refractivity contribution in [2.75, 3.05) is 39.8 Å². The van der Waals surface area contributed by atoms with Crippen LogP contribution in [0.2, 0.25) is 0 Å². The predicted octanol–water partition coefficient (Wildman–Crippen LogP) is 5.19. The molecular formula is C30H43F3N2O3. The van der Waals surface area contributed by atoms with Crippen LogP contribution in [0.5, 0.6) is 0 Å². The number of terminal acetylenes is 1. The minimum atomic E-state index is -2.88. The maximum absolute atomic E-state index is 14.5. The van der Waals surface area contributed by atoms with Gasteiger partial charge in [-0.2, -0.15) is 0 Å². The summed E-state index contributed by atoms with van der Waals surface area (Å²) in [4.78, 5) is 12.8. The Morgan fingerprint density at radius 2 is 2.03 bits per heavy atom. The number of carbonyl (C=O) groups excluding carboxylic acids is 1. The first kappa shape index (κ1) is 33.6. The second-order valence-electron chi connectivity index (χ2n) is 9.52. The zero-order valence-corrected chi connectivity index (χ0v) is 23.1.